The van der Waals surface area contributed by atoms with Crippen molar-refractivity contribution < 1.29 is 14.3 Å². The molecule has 1 N–H and O–H groups in total. The second-order valence-electron chi connectivity index (χ2n) is 7.60. The van der Waals surface area contributed by atoms with Crippen LogP contribution >= 0.6 is 11.3 Å². The predicted molar refractivity (Wildman–Crippen MR) is 127 cm³/mol. The van der Waals surface area contributed by atoms with E-state index in [0.29, 0.717) is 32.1 Å². The maximum atomic E-state index is 11.7. The molecule has 1 fully saturated rings. The number of aromatic nitrogens is 4. The summed E-state index contributed by atoms with van der Waals surface area (Å²) in [7, 11) is 1.79. The summed E-state index contributed by atoms with van der Waals surface area (Å²) in [6, 6.07) is 2.10. The van der Waals surface area contributed by atoms with Gasteiger partial charge in [-0.05, 0) is 19.8 Å². The van der Waals surface area contributed by atoms with Gasteiger partial charge in [-0.25, -0.2) is 24.9 Å². The first kappa shape index (κ1) is 23.3. The molecule has 176 valence electrons. The van der Waals surface area contributed by atoms with Crippen LogP contribution in [-0.4, -0.2) is 70.8 Å². The third-order valence-electron chi connectivity index (χ3n) is 5.40. The van der Waals surface area contributed by atoms with Gasteiger partial charge in [-0.2, -0.15) is 0 Å². The van der Waals surface area contributed by atoms with E-state index < -0.39 is 0 Å². The lowest BCUT2D eigenvalue weighted by Crippen LogP contribution is -2.50. The molecule has 0 amide bonds. The number of anilines is 2. The number of hydrogen-bond acceptors (Lipinski definition) is 11. The molecule has 1 aliphatic rings. The van der Waals surface area contributed by atoms with Gasteiger partial charge >= 0.3 is 5.97 Å². The van der Waals surface area contributed by atoms with Crippen molar-refractivity contribution in [3.63, 3.8) is 0 Å². The fraction of sp³-hybridized carbons (Fsp3) is 0.500. The highest BCUT2D eigenvalue weighted by molar-refractivity contribution is 7.22. The molecule has 33 heavy (non-hydrogen) atoms. The van der Waals surface area contributed by atoms with Gasteiger partial charge in [-0.1, -0.05) is 0 Å². The van der Waals surface area contributed by atoms with Crippen molar-refractivity contribution in [2.24, 2.45) is 0 Å². The molecule has 1 aliphatic heterocycles. The van der Waals surface area contributed by atoms with Gasteiger partial charge in [0.15, 0.2) is 0 Å². The van der Waals surface area contributed by atoms with Crippen molar-refractivity contribution in [1.29, 1.82) is 0 Å². The average molecular weight is 472 g/mol. The Labute approximate surface area is 196 Å². The van der Waals surface area contributed by atoms with Crippen LogP contribution in [0.25, 0.3) is 10.2 Å². The number of carbonyl (C=O) groups is 1. The Morgan fingerprint density at radius 3 is 2.91 bits per heavy atom. The Balaban J connectivity index is 1.49. The van der Waals surface area contributed by atoms with Crippen LogP contribution < -0.4 is 10.3 Å². The molecular weight excluding hydrogens is 442 g/mol. The molecule has 0 aliphatic carbocycles. The number of hydrogen-bond donors (Lipinski definition) is 1. The van der Waals surface area contributed by atoms with Crippen LogP contribution in [0.4, 0.5) is 10.9 Å². The van der Waals surface area contributed by atoms with Crippen molar-refractivity contribution in [2.45, 2.75) is 32.3 Å². The monoisotopic (exact) mass is 471 g/mol. The van der Waals surface area contributed by atoms with Crippen LogP contribution in [0.1, 0.15) is 37.9 Å². The summed E-state index contributed by atoms with van der Waals surface area (Å²) in [5.74, 6) is 0.443. The highest BCUT2D eigenvalue weighted by Crippen LogP contribution is 2.33. The SMILES string of the molecule is CCOC(=O)CCCCN(c1cc2ncncc2s1)N1CCOC(c2cnc(NC)nc2)C1. The Morgan fingerprint density at radius 2 is 2.15 bits per heavy atom. The molecule has 0 saturated carbocycles. The molecular formula is C22H29N7O3S. The number of nitrogens with zero attached hydrogens (tertiary/aromatic N) is 6. The number of hydrazine groups is 1. The van der Waals surface area contributed by atoms with Gasteiger partial charge in [0.1, 0.15) is 17.4 Å². The van der Waals surface area contributed by atoms with Crippen LogP contribution in [0.2, 0.25) is 0 Å². The zero-order valence-corrected chi connectivity index (χ0v) is 19.8. The van der Waals surface area contributed by atoms with E-state index in [0.717, 1.165) is 46.7 Å². The number of carbonyl (C=O) groups excluding carboxylic acids is 1. The minimum atomic E-state index is -0.141. The van der Waals surface area contributed by atoms with E-state index in [1.165, 1.54) is 0 Å². The summed E-state index contributed by atoms with van der Waals surface area (Å²) in [6.45, 7) is 5.08. The molecule has 10 nitrogen and oxygen atoms in total. The van der Waals surface area contributed by atoms with Crippen molar-refractivity contribution in [2.75, 3.05) is 50.2 Å². The summed E-state index contributed by atoms with van der Waals surface area (Å²) in [5, 5.41) is 8.64. The van der Waals surface area contributed by atoms with Gasteiger partial charge in [-0.3, -0.25) is 9.80 Å². The molecule has 0 bridgehead atoms. The highest BCUT2D eigenvalue weighted by Gasteiger charge is 2.28. The van der Waals surface area contributed by atoms with Crippen LogP contribution in [0.5, 0.6) is 0 Å². The Kier molecular flexibility index (Phi) is 7.97. The first-order chi connectivity index (χ1) is 16.2. The predicted octanol–water partition coefficient (Wildman–Crippen LogP) is 3.05. The van der Waals surface area contributed by atoms with E-state index in [1.807, 2.05) is 25.5 Å². The van der Waals surface area contributed by atoms with Crippen LogP contribution in [-0.2, 0) is 14.3 Å². The number of nitrogens with one attached hydrogen (secondary N) is 1. The van der Waals surface area contributed by atoms with Gasteiger partial charge in [0.25, 0.3) is 0 Å². The first-order valence-corrected chi connectivity index (χ1v) is 12.0. The van der Waals surface area contributed by atoms with E-state index in [2.05, 4.69) is 41.3 Å². The van der Waals surface area contributed by atoms with Gasteiger partial charge in [0, 0.05) is 63.3 Å². The summed E-state index contributed by atoms with van der Waals surface area (Å²) in [6.07, 6.45) is 8.98. The summed E-state index contributed by atoms with van der Waals surface area (Å²) in [4.78, 5) is 28.9. The fourth-order valence-electron chi connectivity index (χ4n) is 3.74. The van der Waals surface area contributed by atoms with Crippen molar-refractivity contribution in [3.8, 4) is 0 Å². The van der Waals surface area contributed by atoms with Gasteiger partial charge in [0.05, 0.1) is 23.4 Å². The molecule has 0 aromatic carbocycles. The number of thiophene rings is 1. The maximum absolute atomic E-state index is 11.7. The number of fused-ring (bicyclic) bond motifs is 1. The maximum Gasteiger partial charge on any atom is 0.305 e. The largest absolute Gasteiger partial charge is 0.466 e. The first-order valence-electron chi connectivity index (χ1n) is 11.2. The van der Waals surface area contributed by atoms with Crippen molar-refractivity contribution >= 4 is 38.5 Å². The molecule has 1 unspecified atom stereocenters. The molecule has 11 heteroatoms. The summed E-state index contributed by atoms with van der Waals surface area (Å²) in [5.41, 5.74) is 1.88. The minimum absolute atomic E-state index is 0.124. The lowest BCUT2D eigenvalue weighted by molar-refractivity contribution is -0.143. The molecule has 0 radical (unpaired) electrons. The number of esters is 1. The number of ether oxygens (including phenoxy) is 2. The normalized spacial score (nSPS) is 16.6. The quantitative estimate of drug-likeness (QED) is 0.350. The third kappa shape index (κ3) is 5.92. The molecule has 3 aromatic heterocycles. The third-order valence-corrected chi connectivity index (χ3v) is 6.47. The number of unbranched alkanes of at least 4 members (excludes halogenated alkanes) is 1. The standard InChI is InChI=1S/C22H29N7O3S/c1-3-31-21(30)6-4-5-7-29(20-10-17-19(33-20)13-24-15-27-17)28-8-9-32-18(14-28)16-11-25-22(23-2)26-12-16/h10-13,15,18H,3-9,14H2,1-2H3,(H,23,25,26). The molecule has 4 heterocycles. The van der Waals surface area contributed by atoms with Gasteiger partial charge in [-0.15, -0.1) is 11.3 Å². The van der Waals surface area contributed by atoms with Crippen LogP contribution in [0, 0.1) is 0 Å². The smallest absolute Gasteiger partial charge is 0.305 e. The van der Waals surface area contributed by atoms with Crippen LogP contribution in [0.3, 0.4) is 0 Å². The van der Waals surface area contributed by atoms with Crippen molar-refractivity contribution in [1.82, 2.24) is 24.9 Å². The molecule has 1 atom stereocenters. The van der Waals surface area contributed by atoms with E-state index in [9.17, 15) is 4.79 Å². The minimum Gasteiger partial charge on any atom is -0.466 e. The van der Waals surface area contributed by atoms with Crippen LogP contribution in [0.15, 0.2) is 31.0 Å². The van der Waals surface area contributed by atoms with Crippen molar-refractivity contribution in [3.05, 3.63) is 36.5 Å². The van der Waals surface area contributed by atoms with Gasteiger partial charge < -0.3 is 14.8 Å². The zero-order valence-electron chi connectivity index (χ0n) is 18.9. The molecule has 4 rings (SSSR count). The summed E-state index contributed by atoms with van der Waals surface area (Å²) >= 11 is 1.67. The van der Waals surface area contributed by atoms with E-state index in [1.54, 1.807) is 24.7 Å². The van der Waals surface area contributed by atoms with E-state index in [-0.39, 0.29) is 12.1 Å². The zero-order chi connectivity index (χ0) is 23.0. The molecule has 3 aromatic rings. The second kappa shape index (κ2) is 11.3. The second-order valence-corrected chi connectivity index (χ2v) is 8.67. The topological polar surface area (TPSA) is 106 Å². The number of rotatable bonds is 10. The van der Waals surface area contributed by atoms with Gasteiger partial charge in [0.2, 0.25) is 5.95 Å². The molecule has 0 spiro atoms. The lowest BCUT2D eigenvalue weighted by Gasteiger charge is -2.41. The average Bonchev–Trinajstić information content (AvgIpc) is 3.28. The Morgan fingerprint density at radius 1 is 1.30 bits per heavy atom. The fourth-order valence-corrected chi connectivity index (χ4v) is 4.78. The lowest BCUT2D eigenvalue weighted by atomic mass is 10.1. The Hall–Kier alpha value is -2.89. The Bertz CT molecular complexity index is 1010. The highest BCUT2D eigenvalue weighted by atomic mass is 32.1. The number of morpholine rings is 1. The summed E-state index contributed by atoms with van der Waals surface area (Å²) < 4.78 is 12.2. The molecule has 1 saturated heterocycles. The van der Waals surface area contributed by atoms with E-state index >= 15 is 0 Å². The van der Waals surface area contributed by atoms with E-state index in [4.69, 9.17) is 9.47 Å².